The zero-order valence-electron chi connectivity index (χ0n) is 34.9. The molecule has 0 fully saturated rings. The van der Waals surface area contributed by atoms with Crippen molar-refractivity contribution < 1.29 is 37.6 Å². The summed E-state index contributed by atoms with van der Waals surface area (Å²) >= 11 is 0. The largest absolute Gasteiger partial charge is 0.472 e. The van der Waals surface area contributed by atoms with E-state index in [1.165, 1.54) is 96.3 Å². The Balaban J connectivity index is 4.25. The molecule has 0 rings (SSSR count). The Bertz CT molecular complexity index is 1090. The highest BCUT2D eigenvalue weighted by Crippen LogP contribution is 2.43. The lowest BCUT2D eigenvalue weighted by Crippen LogP contribution is -2.29. The third-order valence-corrected chi connectivity index (χ3v) is 9.86. The van der Waals surface area contributed by atoms with Gasteiger partial charge in [0, 0.05) is 19.4 Å². The van der Waals surface area contributed by atoms with Crippen LogP contribution in [0.4, 0.5) is 0 Å². The number of carbonyl (C=O) groups is 2. The van der Waals surface area contributed by atoms with Crippen LogP contribution >= 0.6 is 7.82 Å². The predicted octanol–water partition coefficient (Wildman–Crippen LogP) is 12.5. The van der Waals surface area contributed by atoms with E-state index in [0.717, 1.165) is 44.9 Å². The molecular formula is C45H80NO8P. The van der Waals surface area contributed by atoms with Gasteiger partial charge in [0.2, 0.25) is 0 Å². The number of unbranched alkanes of at least 4 members (excludes halogenated alkanes) is 17. The van der Waals surface area contributed by atoms with Crippen molar-refractivity contribution in [3.05, 3.63) is 60.8 Å². The van der Waals surface area contributed by atoms with Crippen molar-refractivity contribution in [2.24, 2.45) is 5.73 Å². The first kappa shape index (κ1) is 52.7. The average molecular weight is 794 g/mol. The third-order valence-electron chi connectivity index (χ3n) is 8.88. The minimum absolute atomic E-state index is 0.0424. The lowest BCUT2D eigenvalue weighted by molar-refractivity contribution is -0.161. The second kappa shape index (κ2) is 41.3. The zero-order chi connectivity index (χ0) is 40.3. The maximum absolute atomic E-state index is 12.6. The van der Waals surface area contributed by atoms with Gasteiger partial charge in [-0.1, -0.05) is 152 Å². The summed E-state index contributed by atoms with van der Waals surface area (Å²) in [5.41, 5.74) is 5.34. The van der Waals surface area contributed by atoms with E-state index >= 15 is 0 Å². The van der Waals surface area contributed by atoms with Gasteiger partial charge >= 0.3 is 19.8 Å². The Morgan fingerprint density at radius 1 is 0.545 bits per heavy atom. The normalized spacial score (nSPS) is 13.9. The monoisotopic (exact) mass is 794 g/mol. The molecule has 0 aliphatic carbocycles. The van der Waals surface area contributed by atoms with Crippen LogP contribution in [0.15, 0.2) is 60.8 Å². The number of hydrogen-bond acceptors (Lipinski definition) is 8. The van der Waals surface area contributed by atoms with Crippen LogP contribution in [-0.2, 0) is 32.7 Å². The molecule has 9 nitrogen and oxygen atoms in total. The van der Waals surface area contributed by atoms with E-state index in [9.17, 15) is 19.0 Å². The highest BCUT2D eigenvalue weighted by molar-refractivity contribution is 7.47. The molecule has 3 N–H and O–H groups in total. The number of allylic oxidation sites excluding steroid dienone is 10. The molecule has 0 radical (unpaired) electrons. The van der Waals surface area contributed by atoms with Gasteiger partial charge < -0.3 is 20.1 Å². The predicted molar refractivity (Wildman–Crippen MR) is 229 cm³/mol. The summed E-state index contributed by atoms with van der Waals surface area (Å²) in [6.45, 7) is 3.62. The average Bonchev–Trinajstić information content (AvgIpc) is 3.17. The summed E-state index contributed by atoms with van der Waals surface area (Å²) < 4.78 is 32.7. The fraction of sp³-hybridized carbons (Fsp3) is 0.733. The van der Waals surface area contributed by atoms with E-state index in [-0.39, 0.29) is 32.6 Å². The highest BCUT2D eigenvalue weighted by Gasteiger charge is 2.25. The first-order chi connectivity index (χ1) is 26.8. The Hall–Kier alpha value is -2.29. The van der Waals surface area contributed by atoms with E-state index in [1.54, 1.807) is 0 Å². The summed E-state index contributed by atoms with van der Waals surface area (Å²) in [5, 5.41) is 0. The lowest BCUT2D eigenvalue weighted by Gasteiger charge is -2.19. The van der Waals surface area contributed by atoms with E-state index in [2.05, 4.69) is 68.5 Å². The van der Waals surface area contributed by atoms with Crippen molar-refractivity contribution in [3.8, 4) is 0 Å². The van der Waals surface area contributed by atoms with Crippen LogP contribution < -0.4 is 5.73 Å². The highest BCUT2D eigenvalue weighted by atomic mass is 31.2. The summed E-state index contributed by atoms with van der Waals surface area (Å²) in [5.74, 6) is -0.899. The van der Waals surface area contributed by atoms with Crippen molar-refractivity contribution in [3.63, 3.8) is 0 Å². The van der Waals surface area contributed by atoms with Crippen molar-refractivity contribution in [1.82, 2.24) is 0 Å². The van der Waals surface area contributed by atoms with E-state index in [0.29, 0.717) is 12.8 Å². The molecule has 0 aromatic carbocycles. The lowest BCUT2D eigenvalue weighted by atomic mass is 10.1. The summed E-state index contributed by atoms with van der Waals surface area (Å²) in [6, 6.07) is 0. The number of rotatable bonds is 40. The van der Waals surface area contributed by atoms with Crippen molar-refractivity contribution in [2.75, 3.05) is 26.4 Å². The molecule has 0 aliphatic heterocycles. The van der Waals surface area contributed by atoms with Gasteiger partial charge in [-0.25, -0.2) is 4.57 Å². The van der Waals surface area contributed by atoms with E-state index in [1.807, 2.05) is 6.08 Å². The standard InChI is InChI=1S/C45H80NO8P/c1-3-5-7-9-11-13-15-17-19-21-23-25-27-29-31-33-35-37-44(47)51-41-43(42-53-55(49,50)52-40-39-46)54-45(48)38-36-34-32-30-28-26-24-22-20-18-16-14-12-10-8-6-4-2/h12-15,18,20,24,26,30,32,43H,3-11,16-17,19,21-23,25,27-29,31,33-42,46H2,1-2H3,(H,49,50)/b14-12+,15-13+,20-18+,26-24+,32-30+/t43-/m1/s1. The van der Waals surface area contributed by atoms with Crippen LogP contribution in [0, 0.1) is 0 Å². The maximum atomic E-state index is 12.6. The van der Waals surface area contributed by atoms with Gasteiger partial charge in [0.1, 0.15) is 6.61 Å². The van der Waals surface area contributed by atoms with Gasteiger partial charge in [0.15, 0.2) is 6.10 Å². The van der Waals surface area contributed by atoms with Crippen LogP contribution in [0.1, 0.15) is 181 Å². The molecule has 0 aromatic rings. The second-order valence-electron chi connectivity index (χ2n) is 14.2. The summed E-state index contributed by atoms with van der Waals surface area (Å²) in [6.07, 6.45) is 48.3. The number of esters is 2. The fourth-order valence-electron chi connectivity index (χ4n) is 5.62. The molecule has 10 heteroatoms. The maximum Gasteiger partial charge on any atom is 0.472 e. The first-order valence-corrected chi connectivity index (χ1v) is 23.3. The van der Waals surface area contributed by atoms with Crippen LogP contribution in [0.25, 0.3) is 0 Å². The number of nitrogens with two attached hydrogens (primary N) is 1. The summed E-state index contributed by atoms with van der Waals surface area (Å²) in [7, 11) is -4.39. The number of carbonyl (C=O) groups excluding carboxylic acids is 2. The van der Waals surface area contributed by atoms with Gasteiger partial charge in [0.25, 0.3) is 0 Å². The van der Waals surface area contributed by atoms with Gasteiger partial charge in [-0.2, -0.15) is 0 Å². The SMILES string of the molecule is CCCCC/C=C/C/C=C/C/C=C/C/C=C/CCCC(=O)O[C@H](COC(=O)CCCCCCCCCCC/C=C/CCCCCC)COP(=O)(O)OCCN. The number of hydrogen-bond donors (Lipinski definition) is 2. The second-order valence-corrected chi connectivity index (χ2v) is 15.7. The molecule has 0 aliphatic rings. The third kappa shape index (κ3) is 41.2. The van der Waals surface area contributed by atoms with Crippen LogP contribution in [0.2, 0.25) is 0 Å². The molecule has 0 spiro atoms. The zero-order valence-corrected chi connectivity index (χ0v) is 35.8. The van der Waals surface area contributed by atoms with Crippen LogP contribution in [0.5, 0.6) is 0 Å². The number of phosphoric acid groups is 1. The Kier molecular flexibility index (Phi) is 39.6. The number of ether oxygens (including phenoxy) is 2. The minimum atomic E-state index is -4.39. The smallest absolute Gasteiger partial charge is 0.462 e. The molecule has 55 heavy (non-hydrogen) atoms. The molecule has 318 valence electrons. The molecule has 0 bridgehead atoms. The molecule has 0 saturated carbocycles. The van der Waals surface area contributed by atoms with Crippen molar-refractivity contribution in [1.29, 1.82) is 0 Å². The first-order valence-electron chi connectivity index (χ1n) is 21.8. The van der Waals surface area contributed by atoms with E-state index < -0.39 is 32.5 Å². The topological polar surface area (TPSA) is 134 Å². The molecule has 0 heterocycles. The van der Waals surface area contributed by atoms with Crippen molar-refractivity contribution in [2.45, 2.75) is 187 Å². The molecule has 0 saturated heterocycles. The van der Waals surface area contributed by atoms with Gasteiger partial charge in [-0.05, 0) is 77.0 Å². The molecular weight excluding hydrogens is 713 g/mol. The molecule has 0 amide bonds. The van der Waals surface area contributed by atoms with Crippen LogP contribution in [0.3, 0.4) is 0 Å². The van der Waals surface area contributed by atoms with Gasteiger partial charge in [-0.3, -0.25) is 18.6 Å². The number of phosphoric ester groups is 1. The molecule has 1 unspecified atom stereocenters. The Morgan fingerprint density at radius 2 is 0.964 bits per heavy atom. The van der Waals surface area contributed by atoms with Gasteiger partial charge in [0.05, 0.1) is 13.2 Å². The molecule has 2 atom stereocenters. The van der Waals surface area contributed by atoms with Gasteiger partial charge in [-0.15, -0.1) is 0 Å². The van der Waals surface area contributed by atoms with Crippen LogP contribution in [-0.4, -0.2) is 49.3 Å². The quantitative estimate of drug-likeness (QED) is 0.0269. The molecule has 0 aromatic heterocycles. The summed E-state index contributed by atoms with van der Waals surface area (Å²) in [4.78, 5) is 34.8. The van der Waals surface area contributed by atoms with Crippen molar-refractivity contribution >= 4 is 19.8 Å². The Labute approximate surface area is 336 Å². The Morgan fingerprint density at radius 3 is 1.51 bits per heavy atom. The minimum Gasteiger partial charge on any atom is -0.462 e. The van der Waals surface area contributed by atoms with E-state index in [4.69, 9.17) is 24.3 Å². The fourth-order valence-corrected chi connectivity index (χ4v) is 6.39.